The van der Waals surface area contributed by atoms with Crippen molar-refractivity contribution in [2.24, 2.45) is 11.3 Å². The van der Waals surface area contributed by atoms with Crippen LogP contribution < -0.4 is 0 Å². The van der Waals surface area contributed by atoms with E-state index in [2.05, 4.69) is 19.9 Å². The van der Waals surface area contributed by atoms with Crippen LogP contribution in [0.5, 0.6) is 0 Å². The molecule has 0 aromatic heterocycles. The van der Waals surface area contributed by atoms with Gasteiger partial charge in [-0.1, -0.05) is 19.1 Å². The van der Waals surface area contributed by atoms with Crippen molar-refractivity contribution in [3.8, 4) is 0 Å². The highest BCUT2D eigenvalue weighted by molar-refractivity contribution is 5.14. The Hall–Kier alpha value is -0.380. The Morgan fingerprint density at radius 3 is 2.62 bits per heavy atom. The Kier molecular flexibility index (Phi) is 2.89. The van der Waals surface area contributed by atoms with Crippen molar-refractivity contribution in [2.75, 3.05) is 6.61 Å². The normalized spacial score (nSPS) is 49.8. The Morgan fingerprint density at radius 1 is 1.38 bits per heavy atom. The van der Waals surface area contributed by atoms with Gasteiger partial charge in [-0.3, -0.25) is 0 Å². The number of aliphatic hydroxyl groups is 2. The number of hydrogen-bond acceptors (Lipinski definition) is 3. The van der Waals surface area contributed by atoms with E-state index >= 15 is 0 Å². The first kappa shape index (κ1) is 12.1. The summed E-state index contributed by atoms with van der Waals surface area (Å²) in [5, 5.41) is 19.2. The van der Waals surface area contributed by atoms with Crippen molar-refractivity contribution in [3.63, 3.8) is 0 Å². The van der Waals surface area contributed by atoms with Gasteiger partial charge in [0.05, 0.1) is 24.4 Å². The second-order valence-electron chi connectivity index (χ2n) is 5.92. The first-order valence-electron chi connectivity index (χ1n) is 6.04. The minimum atomic E-state index is -0.418. The van der Waals surface area contributed by atoms with Gasteiger partial charge in [-0.2, -0.15) is 0 Å². The van der Waals surface area contributed by atoms with Gasteiger partial charge in [-0.05, 0) is 20.3 Å². The van der Waals surface area contributed by atoms with Gasteiger partial charge >= 0.3 is 0 Å². The summed E-state index contributed by atoms with van der Waals surface area (Å²) in [4.78, 5) is 0. The molecule has 0 spiro atoms. The maximum absolute atomic E-state index is 9.86. The third-order valence-corrected chi connectivity index (χ3v) is 4.07. The monoisotopic (exact) mass is 226 g/mol. The number of ether oxygens (including phenoxy) is 1. The second kappa shape index (κ2) is 3.83. The molecular formula is C13H22O3. The van der Waals surface area contributed by atoms with E-state index in [1.165, 1.54) is 0 Å². The summed E-state index contributed by atoms with van der Waals surface area (Å²) in [6.45, 7) is 6.69. The van der Waals surface area contributed by atoms with E-state index in [0.29, 0.717) is 13.0 Å². The molecule has 1 heterocycles. The number of rotatable bonds is 2. The zero-order valence-electron chi connectivity index (χ0n) is 10.3. The fraction of sp³-hybridized carbons (Fsp3) is 0.846. The van der Waals surface area contributed by atoms with Crippen molar-refractivity contribution in [1.29, 1.82) is 0 Å². The van der Waals surface area contributed by atoms with Crippen LogP contribution in [0.4, 0.5) is 0 Å². The molecule has 1 saturated carbocycles. The predicted octanol–water partition coefficient (Wildman–Crippen LogP) is 1.49. The molecule has 92 valence electrons. The van der Waals surface area contributed by atoms with Crippen molar-refractivity contribution in [1.82, 2.24) is 0 Å². The Labute approximate surface area is 97.1 Å². The SMILES string of the molecule is C[C@@H](O)/C=C/C1[C@]2(C)CO[C@@]1(C)C[C@@H](O)C2. The van der Waals surface area contributed by atoms with Crippen LogP contribution in [0.2, 0.25) is 0 Å². The van der Waals surface area contributed by atoms with E-state index in [-0.39, 0.29) is 23.0 Å². The summed E-state index contributed by atoms with van der Waals surface area (Å²) >= 11 is 0. The fourth-order valence-corrected chi connectivity index (χ4v) is 3.40. The molecule has 5 atom stereocenters. The van der Waals surface area contributed by atoms with Crippen molar-refractivity contribution < 1.29 is 14.9 Å². The van der Waals surface area contributed by atoms with E-state index in [4.69, 9.17) is 4.74 Å². The number of fused-ring (bicyclic) bond motifs is 2. The molecule has 2 bridgehead atoms. The van der Waals surface area contributed by atoms with Gasteiger partial charge in [0.2, 0.25) is 0 Å². The molecule has 3 nitrogen and oxygen atoms in total. The molecule has 1 saturated heterocycles. The van der Waals surface area contributed by atoms with Crippen LogP contribution in [-0.2, 0) is 4.74 Å². The minimum absolute atomic E-state index is 0.0117. The highest BCUT2D eigenvalue weighted by Crippen LogP contribution is 2.54. The van der Waals surface area contributed by atoms with E-state index in [1.807, 2.05) is 6.08 Å². The van der Waals surface area contributed by atoms with Crippen LogP contribution in [0.3, 0.4) is 0 Å². The lowest BCUT2D eigenvalue weighted by molar-refractivity contribution is -0.0446. The molecule has 0 radical (unpaired) electrons. The lowest BCUT2D eigenvalue weighted by atomic mass is 9.62. The maximum Gasteiger partial charge on any atom is 0.0747 e. The summed E-state index contributed by atoms with van der Waals surface area (Å²) in [6, 6.07) is 0. The smallest absolute Gasteiger partial charge is 0.0747 e. The van der Waals surface area contributed by atoms with Gasteiger partial charge in [0.1, 0.15) is 0 Å². The summed E-state index contributed by atoms with van der Waals surface area (Å²) in [6.07, 6.45) is 4.71. The summed E-state index contributed by atoms with van der Waals surface area (Å²) < 4.78 is 5.89. The Morgan fingerprint density at radius 2 is 2.06 bits per heavy atom. The molecule has 2 N–H and O–H groups in total. The summed E-state index contributed by atoms with van der Waals surface area (Å²) in [5.74, 6) is 0.290. The summed E-state index contributed by atoms with van der Waals surface area (Å²) in [5.41, 5.74) is -0.254. The van der Waals surface area contributed by atoms with Gasteiger partial charge < -0.3 is 14.9 Å². The van der Waals surface area contributed by atoms with Crippen LogP contribution >= 0.6 is 0 Å². The summed E-state index contributed by atoms with van der Waals surface area (Å²) in [7, 11) is 0. The van der Waals surface area contributed by atoms with Crippen LogP contribution in [0.15, 0.2) is 12.2 Å². The average Bonchev–Trinajstić information content (AvgIpc) is 2.27. The van der Waals surface area contributed by atoms with Gasteiger partial charge in [0.15, 0.2) is 0 Å². The van der Waals surface area contributed by atoms with Gasteiger partial charge in [0, 0.05) is 17.8 Å². The van der Waals surface area contributed by atoms with Gasteiger partial charge in [-0.15, -0.1) is 0 Å². The molecule has 0 amide bonds. The van der Waals surface area contributed by atoms with Crippen molar-refractivity contribution in [2.45, 2.75) is 51.4 Å². The number of hydrogen-bond donors (Lipinski definition) is 2. The van der Waals surface area contributed by atoms with Crippen molar-refractivity contribution >= 4 is 0 Å². The van der Waals surface area contributed by atoms with Crippen molar-refractivity contribution in [3.05, 3.63) is 12.2 Å². The highest BCUT2D eigenvalue weighted by Gasteiger charge is 2.57. The maximum atomic E-state index is 9.86. The predicted molar refractivity (Wildman–Crippen MR) is 62.0 cm³/mol. The van der Waals surface area contributed by atoms with Crippen LogP contribution in [0.25, 0.3) is 0 Å². The first-order valence-corrected chi connectivity index (χ1v) is 6.04. The molecule has 1 aliphatic carbocycles. The van der Waals surface area contributed by atoms with E-state index < -0.39 is 6.10 Å². The molecule has 2 rings (SSSR count). The molecule has 16 heavy (non-hydrogen) atoms. The standard InChI is InChI=1S/C13H22O3/c1-9(14)4-5-11-12(2)6-10(15)7-13(11,3)16-8-12/h4-5,9-11,14-15H,6-8H2,1-3H3/b5-4+/t9-,10+,11?,12+,13+/m1/s1. The third kappa shape index (κ3) is 1.92. The van der Waals surface area contributed by atoms with Gasteiger partial charge in [-0.25, -0.2) is 0 Å². The lowest BCUT2D eigenvalue weighted by Crippen LogP contribution is -2.45. The van der Waals surface area contributed by atoms with Crippen LogP contribution in [0.1, 0.15) is 33.6 Å². The minimum Gasteiger partial charge on any atom is -0.393 e. The van der Waals surface area contributed by atoms with E-state index in [9.17, 15) is 10.2 Å². The molecule has 0 aromatic carbocycles. The largest absolute Gasteiger partial charge is 0.393 e. The molecule has 2 aliphatic rings. The van der Waals surface area contributed by atoms with E-state index in [0.717, 1.165) is 6.42 Å². The third-order valence-electron chi connectivity index (χ3n) is 4.07. The quantitative estimate of drug-likeness (QED) is 0.701. The highest BCUT2D eigenvalue weighted by atomic mass is 16.5. The fourth-order valence-electron chi connectivity index (χ4n) is 3.40. The molecule has 1 unspecified atom stereocenters. The topological polar surface area (TPSA) is 49.7 Å². The molecular weight excluding hydrogens is 204 g/mol. The molecule has 3 heteroatoms. The molecule has 0 aromatic rings. The number of aliphatic hydroxyl groups excluding tert-OH is 2. The zero-order valence-corrected chi connectivity index (χ0v) is 10.3. The first-order chi connectivity index (χ1) is 7.36. The van der Waals surface area contributed by atoms with Crippen LogP contribution in [0, 0.1) is 11.3 Å². The lowest BCUT2D eigenvalue weighted by Gasteiger charge is -2.42. The zero-order chi connectivity index (χ0) is 12.0. The van der Waals surface area contributed by atoms with Gasteiger partial charge in [0.25, 0.3) is 0 Å². The molecule has 2 fully saturated rings. The average molecular weight is 226 g/mol. The Balaban J connectivity index is 2.24. The molecule has 1 aliphatic heterocycles. The Bertz CT molecular complexity index is 280. The second-order valence-corrected chi connectivity index (χ2v) is 5.92. The van der Waals surface area contributed by atoms with E-state index in [1.54, 1.807) is 6.92 Å². The van der Waals surface area contributed by atoms with Crippen LogP contribution in [-0.4, -0.2) is 34.6 Å².